The van der Waals surface area contributed by atoms with E-state index in [0.717, 1.165) is 51.0 Å². The zero-order chi connectivity index (χ0) is 24.2. The fourth-order valence-electron chi connectivity index (χ4n) is 5.10. The van der Waals surface area contributed by atoms with Gasteiger partial charge >= 0.3 is 0 Å². The molecule has 5 nitrogen and oxygen atoms in total. The molecule has 0 bridgehead atoms. The molecule has 0 fully saturated rings. The number of aromatic nitrogens is 1. The minimum Gasteiger partial charge on any atom is -0.464 e. The van der Waals surface area contributed by atoms with Gasteiger partial charge in [-0.25, -0.2) is 5.01 Å². The van der Waals surface area contributed by atoms with Crippen molar-refractivity contribution in [1.82, 2.24) is 10.2 Å². The van der Waals surface area contributed by atoms with E-state index >= 15 is 0 Å². The van der Waals surface area contributed by atoms with Crippen molar-refractivity contribution >= 4 is 28.2 Å². The fraction of sp³-hybridized carbons (Fsp3) is 0.133. The molecule has 6 heteroatoms. The predicted octanol–water partition coefficient (Wildman–Crippen LogP) is 7.70. The lowest BCUT2D eigenvalue weighted by Crippen LogP contribution is -2.33. The molecule has 0 N–H and O–H groups in total. The highest BCUT2D eigenvalue weighted by Gasteiger charge is 2.41. The second-order valence-corrected chi connectivity index (χ2v) is 9.75. The van der Waals surface area contributed by atoms with Crippen molar-refractivity contribution in [3.63, 3.8) is 0 Å². The summed E-state index contributed by atoms with van der Waals surface area (Å²) in [7, 11) is 0. The zero-order valence-electron chi connectivity index (χ0n) is 19.6. The van der Waals surface area contributed by atoms with Gasteiger partial charge in [-0.15, -0.1) is 0 Å². The van der Waals surface area contributed by atoms with Crippen LogP contribution in [0.2, 0.25) is 5.02 Å². The number of fused-ring (bicyclic) bond motifs is 4. The van der Waals surface area contributed by atoms with E-state index in [4.69, 9.17) is 26.0 Å². The largest absolute Gasteiger partial charge is 0.464 e. The summed E-state index contributed by atoms with van der Waals surface area (Å²) in [6.45, 7) is 2.10. The molecule has 0 saturated carbocycles. The molecule has 0 aliphatic carbocycles. The molecule has 0 radical (unpaired) electrons. The number of hydrogen-bond acceptors (Lipinski definition) is 5. The van der Waals surface area contributed by atoms with E-state index in [1.54, 1.807) is 0 Å². The van der Waals surface area contributed by atoms with Crippen LogP contribution in [0.3, 0.4) is 0 Å². The van der Waals surface area contributed by atoms with Gasteiger partial charge in [-0.2, -0.15) is 5.10 Å². The predicted molar refractivity (Wildman–Crippen MR) is 141 cm³/mol. The molecule has 176 valence electrons. The maximum absolute atomic E-state index is 6.57. The first-order valence-electron chi connectivity index (χ1n) is 12.0. The number of aryl methyl sites for hydroxylation is 1. The Hall–Kier alpha value is -4.09. The van der Waals surface area contributed by atoms with E-state index in [-0.39, 0.29) is 12.3 Å². The smallest absolute Gasteiger partial charge is 0.213 e. The van der Waals surface area contributed by atoms with Gasteiger partial charge in [0.15, 0.2) is 5.76 Å². The Kier molecular flexibility index (Phi) is 4.86. The van der Waals surface area contributed by atoms with Crippen LogP contribution >= 0.6 is 11.6 Å². The molecule has 1 aromatic heterocycles. The molecule has 0 unspecified atom stereocenters. The minimum absolute atomic E-state index is 0.102. The monoisotopic (exact) mass is 491 g/mol. The van der Waals surface area contributed by atoms with Gasteiger partial charge < -0.3 is 9.26 Å². The van der Waals surface area contributed by atoms with E-state index in [0.29, 0.717) is 10.8 Å². The number of benzene rings is 4. The van der Waals surface area contributed by atoms with Crippen molar-refractivity contribution in [3.8, 4) is 17.1 Å². The Morgan fingerprint density at radius 2 is 1.67 bits per heavy atom. The average Bonchev–Trinajstić information content (AvgIpc) is 3.54. The highest BCUT2D eigenvalue weighted by molar-refractivity contribution is 6.30. The third-order valence-electron chi connectivity index (χ3n) is 6.98. The van der Waals surface area contributed by atoms with Crippen molar-refractivity contribution in [2.75, 3.05) is 0 Å². The van der Waals surface area contributed by atoms with Crippen molar-refractivity contribution in [2.24, 2.45) is 5.10 Å². The molecule has 2 atom stereocenters. The maximum Gasteiger partial charge on any atom is 0.213 e. The number of para-hydroxylation sites is 1. The highest BCUT2D eigenvalue weighted by atomic mass is 35.5. The first-order chi connectivity index (χ1) is 17.6. The van der Waals surface area contributed by atoms with E-state index in [2.05, 4.69) is 59.6 Å². The summed E-state index contributed by atoms with van der Waals surface area (Å²) < 4.78 is 12.3. The molecule has 2 aliphatic rings. The summed E-state index contributed by atoms with van der Waals surface area (Å²) >= 11 is 6.09. The van der Waals surface area contributed by atoms with Crippen LogP contribution in [-0.4, -0.2) is 15.9 Å². The van der Waals surface area contributed by atoms with E-state index in [1.165, 1.54) is 5.56 Å². The maximum atomic E-state index is 6.57. The topological polar surface area (TPSA) is 50.9 Å². The minimum atomic E-state index is -0.370. The first-order valence-corrected chi connectivity index (χ1v) is 12.4. The lowest BCUT2D eigenvalue weighted by molar-refractivity contribution is -0.0189. The van der Waals surface area contributed by atoms with Crippen molar-refractivity contribution in [2.45, 2.75) is 25.6 Å². The van der Waals surface area contributed by atoms with Crippen molar-refractivity contribution in [3.05, 3.63) is 118 Å². The van der Waals surface area contributed by atoms with Crippen molar-refractivity contribution < 1.29 is 9.26 Å². The Bertz CT molecular complexity index is 1620. The zero-order valence-corrected chi connectivity index (χ0v) is 20.3. The van der Waals surface area contributed by atoms with E-state index < -0.39 is 0 Å². The van der Waals surface area contributed by atoms with Crippen LogP contribution in [0.1, 0.15) is 40.9 Å². The Morgan fingerprint density at radius 3 is 2.50 bits per heavy atom. The van der Waals surface area contributed by atoms with Gasteiger partial charge in [0.2, 0.25) is 6.23 Å². The Morgan fingerprint density at radius 1 is 0.889 bits per heavy atom. The van der Waals surface area contributed by atoms with Gasteiger partial charge in [-0.3, -0.25) is 0 Å². The standard InChI is InChI=1S/C30H22ClN3O2/c1-18-6-8-19(9-7-18)26-17-27-23-4-2-3-5-28(23)35-30(34(27)32-26)21-12-15-25-24(16-21)29(36-33-25)20-10-13-22(31)14-11-20/h2-16,27,30H,17H2,1H3/t27-,30-/m0/s1. The summed E-state index contributed by atoms with van der Waals surface area (Å²) in [5, 5.41) is 13.1. The lowest BCUT2D eigenvalue weighted by atomic mass is 9.95. The van der Waals surface area contributed by atoms with Crippen LogP contribution < -0.4 is 4.74 Å². The van der Waals surface area contributed by atoms with Crippen LogP contribution in [0.4, 0.5) is 0 Å². The Balaban J connectivity index is 1.33. The van der Waals surface area contributed by atoms with Gasteiger partial charge in [-0.1, -0.05) is 70.9 Å². The average molecular weight is 492 g/mol. The molecular formula is C30H22ClN3O2. The summed E-state index contributed by atoms with van der Waals surface area (Å²) in [4.78, 5) is 0. The molecule has 3 heterocycles. The molecule has 5 aromatic rings. The number of hydrogen-bond donors (Lipinski definition) is 0. The number of rotatable bonds is 3. The molecule has 0 spiro atoms. The Labute approximate surface area is 213 Å². The van der Waals surface area contributed by atoms with Crippen LogP contribution in [0, 0.1) is 6.92 Å². The van der Waals surface area contributed by atoms with E-state index in [1.807, 2.05) is 48.5 Å². The van der Waals surface area contributed by atoms with Gasteiger partial charge in [0, 0.05) is 28.1 Å². The summed E-state index contributed by atoms with van der Waals surface area (Å²) in [5.41, 5.74) is 7.32. The van der Waals surface area contributed by atoms with Gasteiger partial charge in [-0.05, 0) is 55.0 Å². The quantitative estimate of drug-likeness (QED) is 0.259. The van der Waals surface area contributed by atoms with Crippen LogP contribution in [0.15, 0.2) is 101 Å². The van der Waals surface area contributed by atoms with Crippen molar-refractivity contribution in [1.29, 1.82) is 0 Å². The van der Waals surface area contributed by atoms with Gasteiger partial charge in [0.1, 0.15) is 11.3 Å². The molecular weight excluding hydrogens is 470 g/mol. The van der Waals surface area contributed by atoms with Crippen LogP contribution in [-0.2, 0) is 0 Å². The summed E-state index contributed by atoms with van der Waals surface area (Å²) in [6.07, 6.45) is 0.455. The number of halogens is 1. The van der Waals surface area contributed by atoms with Crippen LogP contribution in [0.5, 0.6) is 5.75 Å². The number of hydrazone groups is 1. The summed E-state index contributed by atoms with van der Waals surface area (Å²) in [5.74, 6) is 1.61. The second-order valence-electron chi connectivity index (χ2n) is 9.32. The normalized spacial score (nSPS) is 18.5. The number of nitrogens with zero attached hydrogens (tertiary/aromatic N) is 3. The molecule has 0 saturated heterocycles. The highest BCUT2D eigenvalue weighted by Crippen LogP contribution is 2.48. The molecule has 0 amide bonds. The van der Waals surface area contributed by atoms with E-state index in [9.17, 15) is 0 Å². The second kappa shape index (κ2) is 8.25. The molecule has 7 rings (SSSR count). The molecule has 4 aromatic carbocycles. The third kappa shape index (κ3) is 3.47. The lowest BCUT2D eigenvalue weighted by Gasteiger charge is -2.38. The van der Waals surface area contributed by atoms with Gasteiger partial charge in [0.25, 0.3) is 0 Å². The van der Waals surface area contributed by atoms with Crippen LogP contribution in [0.25, 0.3) is 22.2 Å². The third-order valence-corrected chi connectivity index (χ3v) is 7.23. The summed E-state index contributed by atoms with van der Waals surface area (Å²) in [6, 6.07) is 30.6. The van der Waals surface area contributed by atoms with Gasteiger partial charge in [0.05, 0.1) is 17.1 Å². The SMILES string of the molecule is Cc1ccc(C2=NN3[C@@H](C2)c2ccccc2O[C@H]3c2ccc3noc(-c4ccc(Cl)cc4)c3c2)cc1. The number of ether oxygens (including phenoxy) is 1. The molecule has 2 aliphatic heterocycles. The first kappa shape index (κ1) is 21.2. The molecule has 36 heavy (non-hydrogen) atoms. The fourth-order valence-corrected chi connectivity index (χ4v) is 5.22.